The van der Waals surface area contributed by atoms with E-state index in [1.165, 1.54) is 23.1 Å². The molecule has 0 fully saturated rings. The summed E-state index contributed by atoms with van der Waals surface area (Å²) in [4.78, 5) is 12.8. The largest absolute Gasteiger partial charge is 0.292 e. The first-order valence-electron chi connectivity index (χ1n) is 6.63. The number of thiophene rings is 1. The van der Waals surface area contributed by atoms with E-state index in [0.29, 0.717) is 5.75 Å². The van der Waals surface area contributed by atoms with Crippen molar-refractivity contribution in [2.75, 3.05) is 5.75 Å². The van der Waals surface area contributed by atoms with Gasteiger partial charge in [0, 0.05) is 10.0 Å². The van der Waals surface area contributed by atoms with Crippen molar-refractivity contribution in [2.45, 2.75) is 5.03 Å². The van der Waals surface area contributed by atoms with Crippen LogP contribution in [0.15, 0.2) is 61.8 Å². The van der Waals surface area contributed by atoms with Gasteiger partial charge >= 0.3 is 0 Å². The molecular weight excluding hydrogens is 460 g/mol. The molecule has 0 saturated heterocycles. The highest BCUT2D eigenvalue weighted by molar-refractivity contribution is 9.11. The predicted molar refractivity (Wildman–Crippen MR) is 102 cm³/mol. The van der Waals surface area contributed by atoms with Gasteiger partial charge in [0.25, 0.3) is 0 Å². The highest BCUT2D eigenvalue weighted by atomic mass is 79.9. The van der Waals surface area contributed by atoms with E-state index >= 15 is 0 Å². The Morgan fingerprint density at radius 1 is 1.00 bits per heavy atom. The van der Waals surface area contributed by atoms with Crippen LogP contribution in [0.4, 0.5) is 0 Å². The molecule has 23 heavy (non-hydrogen) atoms. The number of carbonyl (C=O) groups excluding carboxylic acids is 1. The molecule has 0 aliphatic heterocycles. The number of hydrogen-bond acceptors (Lipinski definition) is 5. The average Bonchev–Trinajstić information content (AvgIpc) is 3.00. The van der Waals surface area contributed by atoms with Crippen LogP contribution in [-0.2, 0) is 0 Å². The summed E-state index contributed by atoms with van der Waals surface area (Å²) in [5.41, 5.74) is 1.83. The van der Waals surface area contributed by atoms with Crippen molar-refractivity contribution in [1.82, 2.24) is 10.2 Å². The zero-order chi connectivity index (χ0) is 16.2. The topological polar surface area (TPSA) is 42.9 Å². The fraction of sp³-hybridized carbons (Fsp3) is 0.0625. The maximum absolute atomic E-state index is 12.1. The number of rotatable bonds is 5. The Morgan fingerprint density at radius 2 is 1.78 bits per heavy atom. The minimum atomic E-state index is 0.101. The van der Waals surface area contributed by atoms with Gasteiger partial charge in [-0.05, 0) is 52.3 Å². The van der Waals surface area contributed by atoms with Crippen molar-refractivity contribution in [3.8, 4) is 11.3 Å². The van der Waals surface area contributed by atoms with Gasteiger partial charge < -0.3 is 0 Å². The van der Waals surface area contributed by atoms with Crippen LogP contribution < -0.4 is 0 Å². The van der Waals surface area contributed by atoms with E-state index in [9.17, 15) is 4.79 Å². The molecule has 0 saturated carbocycles. The third-order valence-corrected chi connectivity index (χ3v) is 6.09. The summed E-state index contributed by atoms with van der Waals surface area (Å²) in [5, 5.41) is 9.17. The molecule has 2 heterocycles. The third kappa shape index (κ3) is 4.50. The lowest BCUT2D eigenvalue weighted by molar-refractivity contribution is 0.102. The smallest absolute Gasteiger partial charge is 0.183 e. The molecule has 0 N–H and O–H groups in total. The SMILES string of the molecule is O=C(CSc1ccc(-c2ccc(Br)cc2)nn1)c1ccc(Br)s1. The van der Waals surface area contributed by atoms with Crippen molar-refractivity contribution in [3.05, 3.63) is 61.7 Å². The maximum Gasteiger partial charge on any atom is 0.183 e. The molecule has 0 bridgehead atoms. The van der Waals surface area contributed by atoms with Gasteiger partial charge in [0.2, 0.25) is 0 Å². The molecule has 0 atom stereocenters. The van der Waals surface area contributed by atoms with Crippen LogP contribution in [0.25, 0.3) is 11.3 Å². The van der Waals surface area contributed by atoms with Crippen molar-refractivity contribution in [1.29, 1.82) is 0 Å². The zero-order valence-corrected chi connectivity index (χ0v) is 16.5. The first kappa shape index (κ1) is 16.8. The minimum absolute atomic E-state index is 0.101. The van der Waals surface area contributed by atoms with Crippen LogP contribution in [0, 0.1) is 0 Å². The van der Waals surface area contributed by atoms with Gasteiger partial charge in [0.05, 0.1) is 20.1 Å². The van der Waals surface area contributed by atoms with E-state index < -0.39 is 0 Å². The van der Waals surface area contributed by atoms with E-state index in [-0.39, 0.29) is 5.78 Å². The van der Waals surface area contributed by atoms with E-state index in [1.54, 1.807) is 0 Å². The number of hydrogen-bond donors (Lipinski definition) is 0. The molecule has 0 spiro atoms. The Bertz CT molecular complexity index is 817. The number of benzene rings is 1. The molecular formula is C16H10Br2N2OS2. The summed E-state index contributed by atoms with van der Waals surface area (Å²) in [5.74, 6) is 0.462. The fourth-order valence-electron chi connectivity index (χ4n) is 1.85. The van der Waals surface area contributed by atoms with Gasteiger partial charge in [0.1, 0.15) is 5.03 Å². The summed E-state index contributed by atoms with van der Waals surface area (Å²) in [6.07, 6.45) is 0. The average molecular weight is 470 g/mol. The molecule has 3 nitrogen and oxygen atoms in total. The van der Waals surface area contributed by atoms with Crippen LogP contribution in [0.1, 0.15) is 9.67 Å². The quantitative estimate of drug-likeness (QED) is 0.354. The van der Waals surface area contributed by atoms with Gasteiger partial charge in [-0.1, -0.05) is 39.8 Å². The number of ketones is 1. The number of halogens is 2. The molecule has 0 amide bonds. The Kier molecular flexibility index (Phi) is 5.63. The highest BCUT2D eigenvalue weighted by Gasteiger charge is 2.10. The van der Waals surface area contributed by atoms with Crippen LogP contribution in [0.3, 0.4) is 0 Å². The molecule has 3 rings (SSSR count). The predicted octanol–water partition coefficient (Wildman–Crippen LogP) is 5.71. The molecule has 7 heteroatoms. The normalized spacial score (nSPS) is 10.7. The Hall–Kier alpha value is -1.02. The molecule has 0 radical (unpaired) electrons. The lowest BCUT2D eigenvalue weighted by Crippen LogP contribution is -2.00. The second-order valence-electron chi connectivity index (χ2n) is 4.58. The third-order valence-electron chi connectivity index (χ3n) is 2.98. The summed E-state index contributed by atoms with van der Waals surface area (Å²) < 4.78 is 1.99. The lowest BCUT2D eigenvalue weighted by Gasteiger charge is -2.02. The lowest BCUT2D eigenvalue weighted by atomic mass is 10.1. The van der Waals surface area contributed by atoms with Crippen molar-refractivity contribution in [3.63, 3.8) is 0 Å². The van der Waals surface area contributed by atoms with E-state index in [1.807, 2.05) is 48.5 Å². The van der Waals surface area contributed by atoms with E-state index in [4.69, 9.17) is 0 Å². The van der Waals surface area contributed by atoms with Gasteiger partial charge in [-0.2, -0.15) is 0 Å². The maximum atomic E-state index is 12.1. The molecule has 3 aromatic rings. The van der Waals surface area contributed by atoms with Crippen molar-refractivity contribution in [2.24, 2.45) is 0 Å². The first-order valence-corrected chi connectivity index (χ1v) is 10.0. The monoisotopic (exact) mass is 468 g/mol. The fourth-order valence-corrected chi connectivity index (χ4v) is 4.22. The zero-order valence-electron chi connectivity index (χ0n) is 11.7. The molecule has 2 aromatic heterocycles. The second-order valence-corrected chi connectivity index (χ2v) is 8.95. The molecule has 0 unspecified atom stereocenters. The summed E-state index contributed by atoms with van der Waals surface area (Å²) in [7, 11) is 0. The first-order chi connectivity index (χ1) is 11.1. The Morgan fingerprint density at radius 3 is 2.39 bits per heavy atom. The number of thioether (sulfide) groups is 1. The Balaban J connectivity index is 1.63. The number of aromatic nitrogens is 2. The molecule has 0 aliphatic carbocycles. The second kappa shape index (κ2) is 7.70. The molecule has 0 aliphatic rings. The van der Waals surface area contributed by atoms with Gasteiger partial charge in [-0.25, -0.2) is 0 Å². The van der Waals surface area contributed by atoms with Crippen LogP contribution in [0.2, 0.25) is 0 Å². The van der Waals surface area contributed by atoms with Gasteiger partial charge in [0.15, 0.2) is 5.78 Å². The molecule has 1 aromatic carbocycles. The van der Waals surface area contributed by atoms with Crippen LogP contribution >= 0.6 is 55.0 Å². The summed E-state index contributed by atoms with van der Waals surface area (Å²) >= 11 is 9.62. The number of nitrogens with zero attached hydrogens (tertiary/aromatic N) is 2. The van der Waals surface area contributed by atoms with Crippen molar-refractivity contribution >= 4 is 60.7 Å². The minimum Gasteiger partial charge on any atom is -0.292 e. The number of Topliss-reactive ketones (excluding diaryl/α,β-unsaturated/α-hetero) is 1. The van der Waals surface area contributed by atoms with E-state index in [0.717, 1.165) is 29.4 Å². The van der Waals surface area contributed by atoms with Crippen LogP contribution in [0.5, 0.6) is 0 Å². The van der Waals surface area contributed by atoms with Crippen molar-refractivity contribution < 1.29 is 4.79 Å². The van der Waals surface area contributed by atoms with E-state index in [2.05, 4.69) is 42.1 Å². The summed E-state index contributed by atoms with van der Waals surface area (Å²) in [6, 6.07) is 15.4. The number of carbonyl (C=O) groups is 1. The standard InChI is InChI=1S/C16H10Br2N2OS2/c17-11-3-1-10(2-4-11)12-5-8-16(20-19-12)22-9-13(21)14-6-7-15(18)23-14/h1-8H,9H2. The molecule has 116 valence electrons. The van der Waals surface area contributed by atoms with Gasteiger partial charge in [-0.3, -0.25) is 4.79 Å². The highest BCUT2D eigenvalue weighted by Crippen LogP contribution is 2.25. The Labute approximate surface area is 158 Å². The van der Waals surface area contributed by atoms with Crippen LogP contribution in [-0.4, -0.2) is 21.7 Å². The summed E-state index contributed by atoms with van der Waals surface area (Å²) in [6.45, 7) is 0. The van der Waals surface area contributed by atoms with Gasteiger partial charge in [-0.15, -0.1) is 21.5 Å².